The lowest BCUT2D eigenvalue weighted by Gasteiger charge is -2.08. The standard InChI is InChI=1S/C22H28N4O2S/c1-16(2)13-18-7-9-20(10-8-18)29(27,28)23-12-11-21-24-22(26-25-21)15-19-6-4-5-17(3)14-19/h4-10,14,16,23H,11-13,15H2,1-3H3,(H,24,25,26). The number of nitrogens with zero attached hydrogens (tertiary/aromatic N) is 2. The van der Waals surface area contributed by atoms with Crippen molar-refractivity contribution < 1.29 is 8.42 Å². The van der Waals surface area contributed by atoms with Gasteiger partial charge in [0.25, 0.3) is 0 Å². The third-order valence-corrected chi connectivity index (χ3v) is 6.03. The second-order valence-corrected chi connectivity index (χ2v) is 9.52. The van der Waals surface area contributed by atoms with Crippen molar-refractivity contribution in [3.05, 3.63) is 76.9 Å². The van der Waals surface area contributed by atoms with Crippen LogP contribution >= 0.6 is 0 Å². The molecular formula is C22H28N4O2S. The van der Waals surface area contributed by atoms with E-state index in [4.69, 9.17) is 0 Å². The van der Waals surface area contributed by atoms with Gasteiger partial charge in [-0.25, -0.2) is 18.1 Å². The normalized spacial score (nSPS) is 11.9. The van der Waals surface area contributed by atoms with Gasteiger partial charge in [-0.15, -0.1) is 0 Å². The van der Waals surface area contributed by atoms with Gasteiger partial charge in [0.05, 0.1) is 4.90 Å². The number of nitrogens with one attached hydrogen (secondary N) is 2. The number of hydrogen-bond donors (Lipinski definition) is 2. The number of aromatic nitrogens is 3. The van der Waals surface area contributed by atoms with Crippen molar-refractivity contribution in [1.82, 2.24) is 19.9 Å². The first-order valence-electron chi connectivity index (χ1n) is 9.86. The lowest BCUT2D eigenvalue weighted by Crippen LogP contribution is -2.26. The van der Waals surface area contributed by atoms with E-state index in [0.29, 0.717) is 24.6 Å². The summed E-state index contributed by atoms with van der Waals surface area (Å²) in [5, 5.41) is 7.13. The summed E-state index contributed by atoms with van der Waals surface area (Å²) in [6, 6.07) is 15.3. The van der Waals surface area contributed by atoms with E-state index in [-0.39, 0.29) is 11.4 Å². The van der Waals surface area contributed by atoms with Crippen molar-refractivity contribution in [2.24, 2.45) is 5.92 Å². The maximum Gasteiger partial charge on any atom is 0.240 e. The molecule has 0 saturated heterocycles. The Morgan fingerprint density at radius 3 is 2.52 bits per heavy atom. The highest BCUT2D eigenvalue weighted by molar-refractivity contribution is 7.89. The van der Waals surface area contributed by atoms with E-state index in [1.807, 2.05) is 18.2 Å². The minimum atomic E-state index is -3.54. The first-order valence-corrected chi connectivity index (χ1v) is 11.3. The quantitative estimate of drug-likeness (QED) is 0.564. The number of H-pyrrole nitrogens is 1. The van der Waals surface area contributed by atoms with Gasteiger partial charge in [-0.05, 0) is 42.5 Å². The Balaban J connectivity index is 1.53. The molecule has 7 heteroatoms. The number of rotatable bonds is 9. The second kappa shape index (κ2) is 9.33. The number of aryl methyl sites for hydroxylation is 1. The van der Waals surface area contributed by atoms with Crippen LogP contribution in [0.3, 0.4) is 0 Å². The Hall–Kier alpha value is -2.51. The van der Waals surface area contributed by atoms with Gasteiger partial charge in [-0.3, -0.25) is 5.10 Å². The van der Waals surface area contributed by atoms with Gasteiger partial charge in [0.1, 0.15) is 5.82 Å². The van der Waals surface area contributed by atoms with E-state index in [9.17, 15) is 8.42 Å². The maximum atomic E-state index is 12.5. The fraction of sp³-hybridized carbons (Fsp3) is 0.364. The molecule has 154 valence electrons. The summed E-state index contributed by atoms with van der Waals surface area (Å²) >= 11 is 0. The van der Waals surface area contributed by atoms with Crippen molar-refractivity contribution in [3.8, 4) is 0 Å². The molecule has 6 nitrogen and oxygen atoms in total. The average molecular weight is 413 g/mol. The molecular weight excluding hydrogens is 384 g/mol. The molecule has 1 aromatic heterocycles. The number of hydrogen-bond acceptors (Lipinski definition) is 4. The minimum Gasteiger partial charge on any atom is -0.263 e. The van der Waals surface area contributed by atoms with E-state index in [2.05, 4.69) is 58.9 Å². The Bertz CT molecular complexity index is 1040. The molecule has 0 saturated carbocycles. The summed E-state index contributed by atoms with van der Waals surface area (Å²) in [7, 11) is -3.54. The second-order valence-electron chi connectivity index (χ2n) is 7.75. The van der Waals surface area contributed by atoms with Crippen LogP contribution in [0.4, 0.5) is 0 Å². The summed E-state index contributed by atoms with van der Waals surface area (Å²) < 4.78 is 27.6. The predicted molar refractivity (Wildman–Crippen MR) is 114 cm³/mol. The Morgan fingerprint density at radius 2 is 1.83 bits per heavy atom. The third kappa shape index (κ3) is 6.24. The van der Waals surface area contributed by atoms with Crippen molar-refractivity contribution in [2.75, 3.05) is 6.54 Å². The van der Waals surface area contributed by atoms with Gasteiger partial charge >= 0.3 is 0 Å². The van der Waals surface area contributed by atoms with Gasteiger partial charge < -0.3 is 0 Å². The van der Waals surface area contributed by atoms with Crippen LogP contribution in [0.1, 0.15) is 42.2 Å². The fourth-order valence-corrected chi connectivity index (χ4v) is 4.23. The molecule has 1 heterocycles. The topological polar surface area (TPSA) is 87.7 Å². The van der Waals surface area contributed by atoms with Crippen molar-refractivity contribution in [1.29, 1.82) is 0 Å². The zero-order valence-corrected chi connectivity index (χ0v) is 18.0. The molecule has 0 radical (unpaired) electrons. The molecule has 0 aliphatic heterocycles. The van der Waals surface area contributed by atoms with Crippen LogP contribution in [-0.4, -0.2) is 30.1 Å². The summed E-state index contributed by atoms with van der Waals surface area (Å²) in [6.45, 7) is 6.58. The minimum absolute atomic E-state index is 0.248. The highest BCUT2D eigenvalue weighted by Crippen LogP contribution is 2.14. The van der Waals surface area contributed by atoms with E-state index in [1.54, 1.807) is 12.1 Å². The van der Waals surface area contributed by atoms with Crippen LogP contribution in [0, 0.1) is 12.8 Å². The first-order chi connectivity index (χ1) is 13.8. The Morgan fingerprint density at radius 1 is 1.07 bits per heavy atom. The number of sulfonamides is 1. The van der Waals surface area contributed by atoms with Crippen LogP contribution in [0.25, 0.3) is 0 Å². The molecule has 0 spiro atoms. The zero-order chi connectivity index (χ0) is 20.9. The van der Waals surface area contributed by atoms with Gasteiger partial charge in [0.15, 0.2) is 5.82 Å². The van der Waals surface area contributed by atoms with Gasteiger partial charge in [-0.1, -0.05) is 55.8 Å². The SMILES string of the molecule is Cc1cccc(Cc2nc(CCNS(=O)(=O)c3ccc(CC(C)C)cc3)n[nH]2)c1. The van der Waals surface area contributed by atoms with Gasteiger partial charge in [0.2, 0.25) is 10.0 Å². The zero-order valence-electron chi connectivity index (χ0n) is 17.1. The molecule has 0 aliphatic rings. The van der Waals surface area contributed by atoms with Crippen LogP contribution in [0.2, 0.25) is 0 Å². The van der Waals surface area contributed by atoms with Crippen LogP contribution in [-0.2, 0) is 29.3 Å². The molecule has 3 rings (SSSR count). The summed E-state index contributed by atoms with van der Waals surface area (Å²) in [5.41, 5.74) is 3.50. The van der Waals surface area contributed by atoms with E-state index < -0.39 is 10.0 Å². The molecule has 29 heavy (non-hydrogen) atoms. The van der Waals surface area contributed by atoms with E-state index in [0.717, 1.165) is 23.4 Å². The first kappa shape index (κ1) is 21.2. The van der Waals surface area contributed by atoms with Crippen LogP contribution < -0.4 is 4.72 Å². The Kier molecular flexibility index (Phi) is 6.82. The highest BCUT2D eigenvalue weighted by atomic mass is 32.2. The summed E-state index contributed by atoms with van der Waals surface area (Å²) in [6.07, 6.45) is 2.03. The largest absolute Gasteiger partial charge is 0.263 e. The third-order valence-electron chi connectivity index (χ3n) is 4.55. The molecule has 3 aromatic rings. The smallest absolute Gasteiger partial charge is 0.240 e. The maximum absolute atomic E-state index is 12.5. The van der Waals surface area contributed by atoms with Crippen LogP contribution in [0.15, 0.2) is 53.4 Å². The van der Waals surface area contributed by atoms with E-state index >= 15 is 0 Å². The molecule has 0 amide bonds. The van der Waals surface area contributed by atoms with Crippen molar-refractivity contribution in [2.45, 2.75) is 44.9 Å². The molecule has 0 aliphatic carbocycles. The summed E-state index contributed by atoms with van der Waals surface area (Å²) in [4.78, 5) is 4.74. The van der Waals surface area contributed by atoms with Crippen molar-refractivity contribution in [3.63, 3.8) is 0 Å². The lowest BCUT2D eigenvalue weighted by atomic mass is 10.0. The number of benzene rings is 2. The highest BCUT2D eigenvalue weighted by Gasteiger charge is 2.14. The average Bonchev–Trinajstić information content (AvgIpc) is 3.09. The molecule has 0 fully saturated rings. The summed E-state index contributed by atoms with van der Waals surface area (Å²) in [5.74, 6) is 1.91. The Labute approximate surface area is 172 Å². The van der Waals surface area contributed by atoms with Crippen LogP contribution in [0.5, 0.6) is 0 Å². The molecule has 0 atom stereocenters. The van der Waals surface area contributed by atoms with Gasteiger partial charge in [0, 0.05) is 19.4 Å². The molecule has 0 bridgehead atoms. The molecule has 0 unspecified atom stereocenters. The predicted octanol–water partition coefficient (Wildman–Crippen LogP) is 3.42. The molecule has 2 N–H and O–H groups in total. The van der Waals surface area contributed by atoms with Gasteiger partial charge in [-0.2, -0.15) is 5.10 Å². The monoisotopic (exact) mass is 412 g/mol. The lowest BCUT2D eigenvalue weighted by molar-refractivity contribution is 0.580. The fourth-order valence-electron chi connectivity index (χ4n) is 3.20. The van der Waals surface area contributed by atoms with Crippen molar-refractivity contribution >= 4 is 10.0 Å². The molecule has 2 aromatic carbocycles. The number of aromatic amines is 1. The van der Waals surface area contributed by atoms with E-state index in [1.165, 1.54) is 5.56 Å².